The number of methoxy groups -OCH3 is 1. The lowest BCUT2D eigenvalue weighted by molar-refractivity contribution is 0.386. The zero-order valence-corrected chi connectivity index (χ0v) is 19.3. The molecule has 3 rings (SSSR count). The molecule has 5 nitrogen and oxygen atoms in total. The highest BCUT2D eigenvalue weighted by molar-refractivity contribution is 14.0. The molecule has 1 unspecified atom stereocenters. The minimum Gasteiger partial charge on any atom is -0.494 e. The molecule has 0 aliphatic rings. The van der Waals surface area contributed by atoms with Crippen LogP contribution < -0.4 is 15.4 Å². The van der Waals surface area contributed by atoms with Crippen LogP contribution in [0.1, 0.15) is 30.5 Å². The first-order valence-corrected chi connectivity index (χ1v) is 9.48. The van der Waals surface area contributed by atoms with Gasteiger partial charge in [-0.25, -0.2) is 4.39 Å². The first-order valence-electron chi connectivity index (χ1n) is 9.48. The number of aryl methyl sites for hydroxylation is 1. The van der Waals surface area contributed by atoms with Crippen LogP contribution in [0.15, 0.2) is 53.7 Å². The maximum Gasteiger partial charge on any atom is 0.191 e. The molecule has 0 aliphatic heterocycles. The second-order valence-corrected chi connectivity index (χ2v) is 6.72. The molecule has 29 heavy (non-hydrogen) atoms. The van der Waals surface area contributed by atoms with Gasteiger partial charge in [-0.1, -0.05) is 24.3 Å². The van der Waals surface area contributed by atoms with Crippen LogP contribution in [0.5, 0.6) is 5.75 Å². The zero-order chi connectivity index (χ0) is 19.9. The summed E-state index contributed by atoms with van der Waals surface area (Å²) in [5, 5.41) is 7.90. The van der Waals surface area contributed by atoms with Gasteiger partial charge in [-0.2, -0.15) is 0 Å². The number of aromatic amines is 1. The molecule has 0 spiro atoms. The molecule has 156 valence electrons. The van der Waals surface area contributed by atoms with E-state index < -0.39 is 0 Å². The summed E-state index contributed by atoms with van der Waals surface area (Å²) in [4.78, 5) is 7.57. The minimum atomic E-state index is -0.365. The topological polar surface area (TPSA) is 61.4 Å². The van der Waals surface area contributed by atoms with Crippen molar-refractivity contribution in [2.45, 2.75) is 25.8 Å². The van der Waals surface area contributed by atoms with E-state index in [0.717, 1.165) is 24.9 Å². The number of ether oxygens (including phenoxy) is 1. The quantitative estimate of drug-likeness (QED) is 0.185. The van der Waals surface area contributed by atoms with Gasteiger partial charge in [-0.15, -0.1) is 24.0 Å². The normalized spacial score (nSPS) is 12.3. The highest BCUT2D eigenvalue weighted by Crippen LogP contribution is 2.22. The first-order chi connectivity index (χ1) is 13.6. The van der Waals surface area contributed by atoms with Crippen molar-refractivity contribution in [2.24, 2.45) is 4.99 Å². The molecule has 1 heterocycles. The lowest BCUT2D eigenvalue weighted by Crippen LogP contribution is -2.39. The van der Waals surface area contributed by atoms with Gasteiger partial charge in [-0.05, 0) is 49.1 Å². The fourth-order valence-corrected chi connectivity index (χ4v) is 3.26. The van der Waals surface area contributed by atoms with Gasteiger partial charge < -0.3 is 20.4 Å². The van der Waals surface area contributed by atoms with Crippen molar-refractivity contribution in [3.05, 3.63) is 65.6 Å². The summed E-state index contributed by atoms with van der Waals surface area (Å²) in [6, 6.07) is 13.2. The van der Waals surface area contributed by atoms with Crippen molar-refractivity contribution in [1.29, 1.82) is 0 Å². The summed E-state index contributed by atoms with van der Waals surface area (Å²) < 4.78 is 18.9. The fraction of sp³-hybridized carbons (Fsp3) is 0.318. The Labute approximate surface area is 188 Å². The number of guanidine groups is 1. The van der Waals surface area contributed by atoms with Gasteiger partial charge in [-0.3, -0.25) is 4.99 Å². The summed E-state index contributed by atoms with van der Waals surface area (Å²) >= 11 is 0. The van der Waals surface area contributed by atoms with Gasteiger partial charge in [0.25, 0.3) is 0 Å². The van der Waals surface area contributed by atoms with Crippen molar-refractivity contribution in [1.82, 2.24) is 15.6 Å². The molecule has 1 aromatic heterocycles. The summed E-state index contributed by atoms with van der Waals surface area (Å²) in [6.07, 6.45) is 4.04. The molecule has 2 aromatic carbocycles. The summed E-state index contributed by atoms with van der Waals surface area (Å²) in [5.74, 6) is 0.578. The molecule has 7 heteroatoms. The van der Waals surface area contributed by atoms with Gasteiger partial charge >= 0.3 is 0 Å². The van der Waals surface area contributed by atoms with E-state index in [1.807, 2.05) is 19.1 Å². The molecular weight excluding hydrogens is 482 g/mol. The molecule has 0 fully saturated rings. The molecule has 3 aromatic rings. The Hall–Kier alpha value is -2.29. The van der Waals surface area contributed by atoms with Crippen LogP contribution in [0.4, 0.5) is 4.39 Å². The number of hydrogen-bond donors (Lipinski definition) is 3. The lowest BCUT2D eigenvalue weighted by atomic mass is 10.1. The molecule has 0 amide bonds. The Kier molecular flexibility index (Phi) is 8.75. The molecule has 0 saturated heterocycles. The largest absolute Gasteiger partial charge is 0.494 e. The predicted molar refractivity (Wildman–Crippen MR) is 128 cm³/mol. The maximum atomic E-state index is 13.9. The third-order valence-electron chi connectivity index (χ3n) is 4.84. The number of halogens is 2. The van der Waals surface area contributed by atoms with E-state index >= 15 is 0 Å². The second kappa shape index (κ2) is 11.0. The number of hydrogen-bond acceptors (Lipinski definition) is 2. The van der Waals surface area contributed by atoms with Gasteiger partial charge in [0.1, 0.15) is 0 Å². The highest BCUT2D eigenvalue weighted by atomic mass is 127. The third-order valence-corrected chi connectivity index (χ3v) is 4.84. The average Bonchev–Trinajstić information content (AvgIpc) is 3.13. The van der Waals surface area contributed by atoms with Crippen molar-refractivity contribution in [2.75, 3.05) is 20.7 Å². The number of aliphatic imine (C=N–C) groups is 1. The Morgan fingerprint density at radius 3 is 2.76 bits per heavy atom. The van der Waals surface area contributed by atoms with Crippen LogP contribution in [0.25, 0.3) is 10.9 Å². The first kappa shape index (κ1) is 23.0. The van der Waals surface area contributed by atoms with E-state index in [2.05, 4.69) is 45.0 Å². The monoisotopic (exact) mass is 510 g/mol. The van der Waals surface area contributed by atoms with E-state index in [-0.39, 0.29) is 41.6 Å². The Balaban J connectivity index is 0.00000300. The number of para-hydroxylation sites is 1. The van der Waals surface area contributed by atoms with E-state index in [0.29, 0.717) is 5.96 Å². The molecule has 1 atom stereocenters. The highest BCUT2D eigenvalue weighted by Gasteiger charge is 2.11. The Bertz CT molecular complexity index is 957. The third kappa shape index (κ3) is 5.85. The number of nitrogens with one attached hydrogen (secondary N) is 3. The molecule has 3 N–H and O–H groups in total. The SMILES string of the molecule is CN=C(NCCCc1c[nH]c2ccccc12)NC(C)c1ccc(OC)c(F)c1.I. The van der Waals surface area contributed by atoms with Crippen molar-refractivity contribution < 1.29 is 9.13 Å². The molecular formula is C22H28FIN4O. The van der Waals surface area contributed by atoms with Crippen LogP contribution in [-0.4, -0.2) is 31.6 Å². The smallest absolute Gasteiger partial charge is 0.191 e. The predicted octanol–water partition coefficient (Wildman–Crippen LogP) is 4.79. The number of nitrogens with zero attached hydrogens (tertiary/aromatic N) is 1. The van der Waals surface area contributed by atoms with E-state index in [1.54, 1.807) is 13.1 Å². The summed E-state index contributed by atoms with van der Waals surface area (Å²) in [5.41, 5.74) is 3.32. The van der Waals surface area contributed by atoms with Gasteiger partial charge in [0.2, 0.25) is 0 Å². The van der Waals surface area contributed by atoms with Crippen LogP contribution in [0.2, 0.25) is 0 Å². The number of aromatic nitrogens is 1. The standard InChI is InChI=1S/C22H27FN4O.HI/c1-15(16-10-11-21(28-3)19(23)13-16)27-22(24-2)25-12-6-7-17-14-26-20-9-5-4-8-18(17)20;/h4-5,8-11,13-15,26H,6-7,12H2,1-3H3,(H2,24,25,27);1H. The van der Waals surface area contributed by atoms with Crippen molar-refractivity contribution in [3.63, 3.8) is 0 Å². The van der Waals surface area contributed by atoms with Crippen LogP contribution in [0.3, 0.4) is 0 Å². The minimum absolute atomic E-state index is 0. The molecule has 0 saturated carbocycles. The van der Waals surface area contributed by atoms with Crippen molar-refractivity contribution >= 4 is 40.8 Å². The molecule has 0 bridgehead atoms. The van der Waals surface area contributed by atoms with E-state index in [9.17, 15) is 4.39 Å². The Morgan fingerprint density at radius 1 is 1.24 bits per heavy atom. The number of fused-ring (bicyclic) bond motifs is 1. The maximum absolute atomic E-state index is 13.9. The van der Waals surface area contributed by atoms with E-state index in [1.165, 1.54) is 29.6 Å². The molecule has 0 radical (unpaired) electrons. The van der Waals surface area contributed by atoms with Gasteiger partial charge in [0.05, 0.1) is 13.2 Å². The van der Waals surface area contributed by atoms with Crippen molar-refractivity contribution in [3.8, 4) is 5.75 Å². The lowest BCUT2D eigenvalue weighted by Gasteiger charge is -2.18. The number of benzene rings is 2. The second-order valence-electron chi connectivity index (χ2n) is 6.72. The fourth-order valence-electron chi connectivity index (χ4n) is 3.26. The van der Waals surface area contributed by atoms with Gasteiger partial charge in [0.15, 0.2) is 17.5 Å². The number of H-pyrrole nitrogens is 1. The molecule has 0 aliphatic carbocycles. The zero-order valence-electron chi connectivity index (χ0n) is 17.0. The summed E-state index contributed by atoms with van der Waals surface area (Å²) in [7, 11) is 3.19. The van der Waals surface area contributed by atoms with Gasteiger partial charge in [0, 0.05) is 30.7 Å². The summed E-state index contributed by atoms with van der Waals surface area (Å²) in [6.45, 7) is 2.77. The van der Waals surface area contributed by atoms with Crippen LogP contribution in [0, 0.1) is 5.82 Å². The van der Waals surface area contributed by atoms with Crippen LogP contribution >= 0.6 is 24.0 Å². The number of rotatable bonds is 7. The van der Waals surface area contributed by atoms with E-state index in [4.69, 9.17) is 4.74 Å². The Morgan fingerprint density at radius 2 is 2.03 bits per heavy atom. The van der Waals surface area contributed by atoms with Crippen LogP contribution in [-0.2, 0) is 6.42 Å². The average molecular weight is 510 g/mol.